The van der Waals surface area contributed by atoms with Crippen molar-refractivity contribution in [3.05, 3.63) is 42.2 Å². The summed E-state index contributed by atoms with van der Waals surface area (Å²) >= 11 is 0. The molecule has 0 radical (unpaired) electrons. The first kappa shape index (κ1) is 11.8. The molecule has 1 aliphatic heterocycles. The Bertz CT molecular complexity index is 539. The molecule has 3 heterocycles. The number of nitrogens with zero attached hydrogens (tertiary/aromatic N) is 4. The molecule has 98 valence electrons. The highest BCUT2D eigenvalue weighted by molar-refractivity contribution is 5.92. The van der Waals surface area contributed by atoms with Crippen molar-refractivity contribution >= 4 is 5.91 Å². The third-order valence-corrected chi connectivity index (χ3v) is 3.45. The Hall–Kier alpha value is -2.24. The van der Waals surface area contributed by atoms with E-state index in [0.29, 0.717) is 18.2 Å². The Kier molecular flexibility index (Phi) is 3.22. The highest BCUT2D eigenvalue weighted by Gasteiger charge is 2.26. The summed E-state index contributed by atoms with van der Waals surface area (Å²) in [6, 6.07) is 1.97. The van der Waals surface area contributed by atoms with Crippen LogP contribution in [-0.4, -0.2) is 44.1 Å². The molecule has 6 heteroatoms. The molecular weight excluding hydrogens is 242 g/mol. The smallest absolute Gasteiger partial charge is 0.274 e. The molecule has 1 aliphatic rings. The number of aromatic amines is 1. The number of rotatable bonds is 2. The fourth-order valence-electron chi connectivity index (χ4n) is 2.48. The summed E-state index contributed by atoms with van der Waals surface area (Å²) in [5.41, 5.74) is 1.50. The molecule has 19 heavy (non-hydrogen) atoms. The van der Waals surface area contributed by atoms with E-state index in [9.17, 15) is 4.79 Å². The molecule has 0 spiro atoms. The van der Waals surface area contributed by atoms with E-state index in [1.165, 1.54) is 6.20 Å². The molecule has 1 saturated heterocycles. The van der Waals surface area contributed by atoms with Crippen LogP contribution in [0.4, 0.5) is 0 Å². The fraction of sp³-hybridized carbons (Fsp3) is 0.385. The third-order valence-electron chi connectivity index (χ3n) is 3.45. The predicted molar refractivity (Wildman–Crippen MR) is 68.5 cm³/mol. The van der Waals surface area contributed by atoms with Crippen molar-refractivity contribution in [2.75, 3.05) is 13.1 Å². The van der Waals surface area contributed by atoms with E-state index in [0.717, 1.165) is 25.1 Å². The number of carbonyl (C=O) groups excluding carboxylic acids is 1. The summed E-state index contributed by atoms with van der Waals surface area (Å²) in [5, 5.41) is 6.96. The second kappa shape index (κ2) is 5.17. The summed E-state index contributed by atoms with van der Waals surface area (Å²) in [6.07, 6.45) is 8.45. The number of hydrogen-bond donors (Lipinski definition) is 1. The van der Waals surface area contributed by atoms with Gasteiger partial charge in [-0.05, 0) is 18.9 Å². The van der Waals surface area contributed by atoms with Crippen molar-refractivity contribution in [2.45, 2.75) is 18.8 Å². The maximum absolute atomic E-state index is 12.3. The summed E-state index contributed by atoms with van der Waals surface area (Å²) < 4.78 is 0. The minimum absolute atomic E-state index is 0.0442. The third kappa shape index (κ3) is 2.47. The van der Waals surface area contributed by atoms with Gasteiger partial charge in [-0.15, -0.1) is 0 Å². The topological polar surface area (TPSA) is 74.8 Å². The first-order valence-electron chi connectivity index (χ1n) is 6.39. The van der Waals surface area contributed by atoms with Crippen molar-refractivity contribution in [1.29, 1.82) is 0 Å². The van der Waals surface area contributed by atoms with E-state index in [1.807, 2.05) is 11.0 Å². The molecule has 1 amide bonds. The molecule has 0 aliphatic carbocycles. The Morgan fingerprint density at radius 3 is 3.05 bits per heavy atom. The van der Waals surface area contributed by atoms with Crippen molar-refractivity contribution in [2.24, 2.45) is 0 Å². The quantitative estimate of drug-likeness (QED) is 0.877. The van der Waals surface area contributed by atoms with E-state index >= 15 is 0 Å². The number of carbonyl (C=O) groups is 1. The Labute approximate surface area is 110 Å². The van der Waals surface area contributed by atoms with Gasteiger partial charge in [-0.25, -0.2) is 4.98 Å². The molecule has 1 unspecified atom stereocenters. The molecule has 6 nitrogen and oxygen atoms in total. The lowest BCUT2D eigenvalue weighted by molar-refractivity contribution is 0.0699. The average molecular weight is 257 g/mol. The van der Waals surface area contributed by atoms with Crippen molar-refractivity contribution in [1.82, 2.24) is 25.1 Å². The second-order valence-electron chi connectivity index (χ2n) is 4.69. The van der Waals surface area contributed by atoms with Crippen molar-refractivity contribution in [3.63, 3.8) is 0 Å². The van der Waals surface area contributed by atoms with Crippen LogP contribution in [0.1, 0.15) is 34.9 Å². The zero-order valence-electron chi connectivity index (χ0n) is 10.5. The van der Waals surface area contributed by atoms with Gasteiger partial charge in [-0.2, -0.15) is 5.10 Å². The average Bonchev–Trinajstić information content (AvgIpc) is 3.02. The van der Waals surface area contributed by atoms with E-state index in [4.69, 9.17) is 0 Å². The lowest BCUT2D eigenvalue weighted by atomic mass is 9.95. The van der Waals surface area contributed by atoms with Crippen LogP contribution < -0.4 is 0 Å². The van der Waals surface area contributed by atoms with Crippen LogP contribution in [0.25, 0.3) is 0 Å². The number of hydrogen-bond acceptors (Lipinski definition) is 4. The standard InChI is InChI=1S/C13H15N5O/c19-13(12-8-14-5-6-15-12)18-7-1-2-10(9-18)11-3-4-16-17-11/h3-6,8,10H,1-2,7,9H2,(H,16,17). The SMILES string of the molecule is O=C(c1cnccn1)N1CCCC(c2ccn[nH]2)C1. The van der Waals surface area contributed by atoms with Crippen molar-refractivity contribution < 1.29 is 4.79 Å². The van der Waals surface area contributed by atoms with Gasteiger partial charge in [0.25, 0.3) is 5.91 Å². The van der Waals surface area contributed by atoms with Crippen LogP contribution in [0.3, 0.4) is 0 Å². The Balaban J connectivity index is 1.73. The molecule has 0 aromatic carbocycles. The second-order valence-corrected chi connectivity index (χ2v) is 4.69. The van der Waals surface area contributed by atoms with Crippen LogP contribution in [0, 0.1) is 0 Å². The highest BCUT2D eigenvalue weighted by atomic mass is 16.2. The minimum atomic E-state index is -0.0442. The molecule has 0 bridgehead atoms. The molecule has 1 N–H and O–H groups in total. The molecule has 2 aromatic heterocycles. The normalized spacial score (nSPS) is 19.4. The zero-order chi connectivity index (χ0) is 13.1. The molecule has 2 aromatic rings. The first-order chi connectivity index (χ1) is 9.34. The number of piperidine rings is 1. The van der Waals surface area contributed by atoms with E-state index in [1.54, 1.807) is 18.6 Å². The Morgan fingerprint density at radius 2 is 2.32 bits per heavy atom. The molecule has 1 atom stereocenters. The van der Waals surface area contributed by atoms with Gasteiger partial charge in [0.15, 0.2) is 0 Å². The highest BCUT2D eigenvalue weighted by Crippen LogP contribution is 2.25. The van der Waals surface area contributed by atoms with Gasteiger partial charge in [0.05, 0.1) is 6.20 Å². The molecular formula is C13H15N5O. The van der Waals surface area contributed by atoms with Crippen LogP contribution in [0.2, 0.25) is 0 Å². The van der Waals surface area contributed by atoms with Gasteiger partial charge in [-0.3, -0.25) is 14.9 Å². The van der Waals surface area contributed by atoms with E-state index in [2.05, 4.69) is 20.2 Å². The molecule has 0 saturated carbocycles. The lowest BCUT2D eigenvalue weighted by Crippen LogP contribution is -2.39. The lowest BCUT2D eigenvalue weighted by Gasteiger charge is -2.31. The summed E-state index contributed by atoms with van der Waals surface area (Å²) in [7, 11) is 0. The van der Waals surface area contributed by atoms with Crippen LogP contribution >= 0.6 is 0 Å². The summed E-state index contributed by atoms with van der Waals surface area (Å²) in [5.74, 6) is 0.286. The summed E-state index contributed by atoms with van der Waals surface area (Å²) in [6.45, 7) is 1.48. The van der Waals surface area contributed by atoms with Crippen LogP contribution in [0.5, 0.6) is 0 Å². The van der Waals surface area contributed by atoms with E-state index in [-0.39, 0.29) is 5.91 Å². The largest absolute Gasteiger partial charge is 0.337 e. The number of nitrogens with one attached hydrogen (secondary N) is 1. The van der Waals surface area contributed by atoms with E-state index < -0.39 is 0 Å². The minimum Gasteiger partial charge on any atom is -0.337 e. The predicted octanol–water partition coefficient (Wildman–Crippen LogP) is 1.22. The van der Waals surface area contributed by atoms with Crippen molar-refractivity contribution in [3.8, 4) is 0 Å². The van der Waals surface area contributed by atoms with Gasteiger partial charge in [0.1, 0.15) is 5.69 Å². The first-order valence-corrected chi connectivity index (χ1v) is 6.39. The van der Waals surface area contributed by atoms with Gasteiger partial charge >= 0.3 is 0 Å². The van der Waals surface area contributed by atoms with Crippen LogP contribution in [0.15, 0.2) is 30.9 Å². The Morgan fingerprint density at radius 1 is 1.37 bits per heavy atom. The molecule has 1 fully saturated rings. The maximum Gasteiger partial charge on any atom is 0.274 e. The monoisotopic (exact) mass is 257 g/mol. The molecule has 3 rings (SSSR count). The van der Waals surface area contributed by atoms with Gasteiger partial charge < -0.3 is 4.90 Å². The number of aromatic nitrogens is 4. The van der Waals surface area contributed by atoms with Gasteiger partial charge in [-0.1, -0.05) is 0 Å². The van der Waals surface area contributed by atoms with Gasteiger partial charge in [0.2, 0.25) is 0 Å². The number of H-pyrrole nitrogens is 1. The van der Waals surface area contributed by atoms with Gasteiger partial charge in [0, 0.05) is 43.3 Å². The van der Waals surface area contributed by atoms with Crippen LogP contribution in [-0.2, 0) is 0 Å². The fourth-order valence-corrected chi connectivity index (χ4v) is 2.48. The number of amides is 1. The zero-order valence-corrected chi connectivity index (χ0v) is 10.5. The maximum atomic E-state index is 12.3. The number of likely N-dealkylation sites (tertiary alicyclic amines) is 1. The summed E-state index contributed by atoms with van der Waals surface area (Å²) in [4.78, 5) is 22.2.